The van der Waals surface area contributed by atoms with Crippen molar-refractivity contribution in [2.45, 2.75) is 25.0 Å². The molecule has 1 atom stereocenters. The van der Waals surface area contributed by atoms with Crippen molar-refractivity contribution in [2.24, 2.45) is 13.0 Å². The van der Waals surface area contributed by atoms with Crippen LogP contribution in [0, 0.1) is 5.92 Å². The Morgan fingerprint density at radius 3 is 2.92 bits per heavy atom. The van der Waals surface area contributed by atoms with Gasteiger partial charge >= 0.3 is 0 Å². The van der Waals surface area contributed by atoms with Gasteiger partial charge in [0.15, 0.2) is 0 Å². The molecule has 6 heteroatoms. The third-order valence-corrected chi connectivity index (χ3v) is 5.51. The molecule has 0 radical (unpaired) electrons. The molecule has 6 nitrogen and oxygen atoms in total. The molecule has 4 rings (SSSR count). The largest absolute Gasteiger partial charge is 0.372 e. The maximum absolute atomic E-state index is 12.2. The third kappa shape index (κ3) is 3.66. The molecule has 2 saturated heterocycles. The Bertz CT molecular complexity index is 742. The summed E-state index contributed by atoms with van der Waals surface area (Å²) >= 11 is 0. The van der Waals surface area contributed by atoms with Crippen LogP contribution >= 0.6 is 0 Å². The lowest BCUT2D eigenvalue weighted by molar-refractivity contribution is -0.181. The molecule has 1 amide bonds. The summed E-state index contributed by atoms with van der Waals surface area (Å²) < 4.78 is 8.06. The van der Waals surface area contributed by atoms with Crippen LogP contribution in [0.4, 0.5) is 0 Å². The highest BCUT2D eigenvalue weighted by atomic mass is 16.5. The molecule has 0 bridgehead atoms. The first kappa shape index (κ1) is 17.2. The Hall–Kier alpha value is -2.18. The van der Waals surface area contributed by atoms with Crippen molar-refractivity contribution < 1.29 is 9.53 Å². The highest BCUT2D eigenvalue weighted by Crippen LogP contribution is 2.36. The highest BCUT2D eigenvalue weighted by Gasteiger charge is 2.46. The van der Waals surface area contributed by atoms with Crippen LogP contribution < -0.4 is 5.32 Å². The quantitative estimate of drug-likeness (QED) is 0.890. The molecule has 1 unspecified atom stereocenters. The van der Waals surface area contributed by atoms with Gasteiger partial charge in [-0.15, -0.1) is 0 Å². The van der Waals surface area contributed by atoms with E-state index in [4.69, 9.17) is 4.74 Å². The van der Waals surface area contributed by atoms with E-state index in [9.17, 15) is 4.79 Å². The van der Waals surface area contributed by atoms with Crippen molar-refractivity contribution in [2.75, 3.05) is 26.2 Å². The first-order chi connectivity index (χ1) is 12.6. The monoisotopic (exact) mass is 354 g/mol. The second-order valence-corrected chi connectivity index (χ2v) is 7.62. The summed E-state index contributed by atoms with van der Waals surface area (Å²) in [4.78, 5) is 18.8. The average molecular weight is 354 g/mol. The van der Waals surface area contributed by atoms with E-state index in [0.717, 1.165) is 39.1 Å². The van der Waals surface area contributed by atoms with E-state index in [2.05, 4.69) is 21.3 Å². The maximum Gasteiger partial charge on any atom is 0.267 e. The summed E-state index contributed by atoms with van der Waals surface area (Å²) in [5.74, 6) is 0.390. The fourth-order valence-electron chi connectivity index (χ4n) is 3.98. The number of hydrogen-bond acceptors (Lipinski definition) is 4. The van der Waals surface area contributed by atoms with Crippen LogP contribution in [0.15, 0.2) is 42.9 Å². The van der Waals surface area contributed by atoms with Crippen molar-refractivity contribution >= 4 is 5.91 Å². The number of aryl methyl sites for hydroxylation is 1. The lowest BCUT2D eigenvalue weighted by Gasteiger charge is -2.53. The van der Waals surface area contributed by atoms with Crippen molar-refractivity contribution in [3.05, 3.63) is 54.1 Å². The Labute approximate surface area is 154 Å². The topological polar surface area (TPSA) is 59.4 Å². The van der Waals surface area contributed by atoms with Gasteiger partial charge in [0.05, 0.1) is 12.2 Å². The zero-order chi connectivity index (χ0) is 18.0. The minimum absolute atomic E-state index is 0.0101. The number of hydrogen-bond donors (Lipinski definition) is 1. The maximum atomic E-state index is 12.2. The van der Waals surface area contributed by atoms with Crippen LogP contribution in [0.3, 0.4) is 0 Å². The zero-order valence-electron chi connectivity index (χ0n) is 15.2. The molecule has 4 heterocycles. The van der Waals surface area contributed by atoms with Crippen LogP contribution in [0.5, 0.6) is 0 Å². The highest BCUT2D eigenvalue weighted by molar-refractivity contribution is 5.92. The average Bonchev–Trinajstić information content (AvgIpc) is 3.06. The van der Waals surface area contributed by atoms with E-state index in [1.807, 2.05) is 48.4 Å². The fraction of sp³-hybridized carbons (Fsp3) is 0.500. The molecule has 0 aliphatic carbocycles. The molecule has 2 aliphatic heterocycles. The molecule has 2 aliphatic rings. The van der Waals surface area contributed by atoms with Crippen LogP contribution in [-0.4, -0.2) is 52.2 Å². The summed E-state index contributed by atoms with van der Waals surface area (Å²) in [7, 11) is 1.89. The Morgan fingerprint density at radius 2 is 2.27 bits per heavy atom. The molecule has 1 N–H and O–H groups in total. The molecule has 138 valence electrons. The lowest BCUT2D eigenvalue weighted by atomic mass is 9.82. The smallest absolute Gasteiger partial charge is 0.267 e. The van der Waals surface area contributed by atoms with Gasteiger partial charge in [0.25, 0.3) is 5.91 Å². The van der Waals surface area contributed by atoms with E-state index >= 15 is 0 Å². The predicted molar refractivity (Wildman–Crippen MR) is 98.7 cm³/mol. The van der Waals surface area contributed by atoms with E-state index in [0.29, 0.717) is 18.2 Å². The van der Waals surface area contributed by atoms with Crippen molar-refractivity contribution in [3.63, 3.8) is 0 Å². The Balaban J connectivity index is 1.19. The minimum Gasteiger partial charge on any atom is -0.372 e. The number of pyridine rings is 1. The Morgan fingerprint density at radius 1 is 1.38 bits per heavy atom. The number of likely N-dealkylation sites (tertiary alicyclic amines) is 1. The molecule has 2 fully saturated rings. The van der Waals surface area contributed by atoms with E-state index < -0.39 is 0 Å². The molecule has 0 aromatic carbocycles. The fourth-order valence-corrected chi connectivity index (χ4v) is 3.98. The minimum atomic E-state index is -0.0101. The van der Waals surface area contributed by atoms with Crippen molar-refractivity contribution in [1.29, 1.82) is 0 Å². The summed E-state index contributed by atoms with van der Waals surface area (Å²) in [5.41, 5.74) is 1.98. The molecule has 2 aromatic rings. The molecule has 1 spiro atoms. The van der Waals surface area contributed by atoms with Crippen LogP contribution in [0.25, 0.3) is 0 Å². The third-order valence-electron chi connectivity index (χ3n) is 5.51. The van der Waals surface area contributed by atoms with Crippen LogP contribution in [-0.2, 0) is 18.3 Å². The summed E-state index contributed by atoms with van der Waals surface area (Å²) in [5, 5.41) is 3.04. The number of ether oxygens (including phenoxy) is 1. The predicted octanol–water partition coefficient (Wildman–Crippen LogP) is 1.83. The Kier molecular flexibility index (Phi) is 4.78. The van der Waals surface area contributed by atoms with Gasteiger partial charge in [-0.2, -0.15) is 0 Å². The van der Waals surface area contributed by atoms with Gasteiger partial charge < -0.3 is 14.6 Å². The van der Waals surface area contributed by atoms with Gasteiger partial charge in [-0.1, -0.05) is 6.07 Å². The van der Waals surface area contributed by atoms with Gasteiger partial charge in [0, 0.05) is 51.8 Å². The van der Waals surface area contributed by atoms with Gasteiger partial charge in [0.1, 0.15) is 5.69 Å². The van der Waals surface area contributed by atoms with Crippen molar-refractivity contribution in [3.8, 4) is 0 Å². The second-order valence-electron chi connectivity index (χ2n) is 7.62. The summed E-state index contributed by atoms with van der Waals surface area (Å²) in [6.45, 7) is 4.33. The van der Waals surface area contributed by atoms with Crippen molar-refractivity contribution in [1.82, 2.24) is 19.8 Å². The van der Waals surface area contributed by atoms with Gasteiger partial charge in [-0.05, 0) is 42.5 Å². The van der Waals surface area contributed by atoms with Gasteiger partial charge in [-0.3, -0.25) is 14.7 Å². The van der Waals surface area contributed by atoms with E-state index in [1.54, 1.807) is 0 Å². The first-order valence-electron chi connectivity index (χ1n) is 9.28. The lowest BCUT2D eigenvalue weighted by Crippen LogP contribution is -2.64. The SMILES string of the molecule is Cn1cccc1C(=O)NCC1CCC2(CN(Cc3cccnc3)C2)OC1. The zero-order valence-corrected chi connectivity index (χ0v) is 15.2. The normalized spacial score (nSPS) is 22.1. The number of nitrogens with zero attached hydrogens (tertiary/aromatic N) is 3. The first-order valence-corrected chi connectivity index (χ1v) is 9.28. The second kappa shape index (κ2) is 7.21. The molecule has 0 saturated carbocycles. The van der Waals surface area contributed by atoms with Crippen LogP contribution in [0.2, 0.25) is 0 Å². The molecular formula is C20H26N4O2. The van der Waals surface area contributed by atoms with Gasteiger partial charge in [0.2, 0.25) is 0 Å². The molecule has 2 aromatic heterocycles. The molecular weight excluding hydrogens is 328 g/mol. The number of carbonyl (C=O) groups is 1. The number of rotatable bonds is 5. The van der Waals surface area contributed by atoms with E-state index in [1.165, 1.54) is 5.56 Å². The number of carbonyl (C=O) groups excluding carboxylic acids is 1. The summed E-state index contributed by atoms with van der Waals surface area (Å²) in [6, 6.07) is 7.82. The standard InChI is InChI=1S/C20H26N4O2/c1-23-9-3-5-18(23)19(25)22-11-17-6-7-20(26-13-17)14-24(15-20)12-16-4-2-8-21-10-16/h2-5,8-10,17H,6-7,11-15H2,1H3,(H,22,25). The van der Waals surface area contributed by atoms with Gasteiger partial charge in [-0.25, -0.2) is 0 Å². The molecule has 26 heavy (non-hydrogen) atoms. The van der Waals surface area contributed by atoms with Crippen LogP contribution in [0.1, 0.15) is 28.9 Å². The number of nitrogens with one attached hydrogen (secondary N) is 1. The van der Waals surface area contributed by atoms with E-state index in [-0.39, 0.29) is 11.5 Å². The number of aromatic nitrogens is 2. The number of amides is 1. The summed E-state index contributed by atoms with van der Waals surface area (Å²) in [6.07, 6.45) is 7.80.